The summed E-state index contributed by atoms with van der Waals surface area (Å²) < 4.78 is 6.98. The van der Waals surface area contributed by atoms with Gasteiger partial charge in [0.2, 0.25) is 11.8 Å². The Balaban J connectivity index is 1.77. The summed E-state index contributed by atoms with van der Waals surface area (Å²) in [5.41, 5.74) is 0.605. The van der Waals surface area contributed by atoms with Crippen LogP contribution in [0.15, 0.2) is 41.8 Å². The largest absolute Gasteiger partial charge is 0.383 e. The molecule has 0 saturated heterocycles. The number of methoxy groups -OCH3 is 1. The van der Waals surface area contributed by atoms with Gasteiger partial charge in [0, 0.05) is 37.3 Å². The predicted octanol–water partition coefficient (Wildman–Crippen LogP) is 2.84. The highest BCUT2D eigenvalue weighted by Gasteiger charge is 2.48. The molecule has 0 aliphatic carbocycles. The number of hydrogen-bond acceptors (Lipinski definition) is 5. The smallest absolute Gasteiger partial charge is 0.275 e. The molecule has 0 saturated carbocycles. The first-order valence-corrected chi connectivity index (χ1v) is 10.8. The number of nitrogens with one attached hydrogen (secondary N) is 2. The monoisotopic (exact) mass is 440 g/mol. The highest BCUT2D eigenvalue weighted by molar-refractivity contribution is 7.16. The van der Waals surface area contributed by atoms with Crippen molar-refractivity contribution in [2.75, 3.05) is 30.5 Å². The van der Waals surface area contributed by atoms with Gasteiger partial charge in [0.1, 0.15) is 16.1 Å². The number of anilines is 2. The first-order valence-electron chi connectivity index (χ1n) is 9.91. The third-order valence-corrected chi connectivity index (χ3v) is 6.36. The van der Waals surface area contributed by atoms with E-state index in [1.54, 1.807) is 54.5 Å². The molecule has 8 nitrogen and oxygen atoms in total. The number of carbonyl (C=O) groups is 3. The highest BCUT2D eigenvalue weighted by atomic mass is 32.1. The Morgan fingerprint density at radius 1 is 1.23 bits per heavy atom. The van der Waals surface area contributed by atoms with Crippen molar-refractivity contribution in [1.82, 2.24) is 9.88 Å². The molecule has 0 bridgehead atoms. The van der Waals surface area contributed by atoms with Crippen LogP contribution in [0.3, 0.4) is 0 Å². The van der Waals surface area contributed by atoms with Crippen LogP contribution < -0.4 is 15.5 Å². The molecule has 3 amide bonds. The average molecular weight is 441 g/mol. The zero-order chi connectivity index (χ0) is 22.2. The number of nitrogens with zero attached hydrogens (tertiary/aromatic N) is 2. The molecule has 1 aliphatic heterocycles. The van der Waals surface area contributed by atoms with E-state index in [0.717, 1.165) is 10.2 Å². The standard InChI is InChI=1S/C22H24N4O4S/c1-14(27)24-16-4-6-17(7-5-16)26-19(28)18-12-15-8-11-31-20(15)25(18)13-22(26,2)21(29)23-9-10-30-3/h4-8,11-12H,9-10,13H2,1-3H3,(H,23,29)(H,24,27). The third kappa shape index (κ3) is 3.70. The third-order valence-electron chi connectivity index (χ3n) is 5.41. The predicted molar refractivity (Wildman–Crippen MR) is 121 cm³/mol. The molecule has 0 fully saturated rings. The van der Waals surface area contributed by atoms with Crippen molar-refractivity contribution >= 4 is 50.6 Å². The van der Waals surface area contributed by atoms with Gasteiger partial charge in [0.25, 0.3) is 5.91 Å². The summed E-state index contributed by atoms with van der Waals surface area (Å²) in [6.07, 6.45) is 0. The molecule has 0 spiro atoms. The van der Waals surface area contributed by atoms with Crippen molar-refractivity contribution in [3.05, 3.63) is 47.5 Å². The van der Waals surface area contributed by atoms with Crippen LogP contribution in [0.1, 0.15) is 24.3 Å². The molecule has 1 atom stereocenters. The molecule has 1 aliphatic rings. The van der Waals surface area contributed by atoms with Gasteiger partial charge in [-0.2, -0.15) is 0 Å². The van der Waals surface area contributed by atoms with Crippen molar-refractivity contribution in [1.29, 1.82) is 0 Å². The first kappa shape index (κ1) is 21.1. The SMILES string of the molecule is COCCNC(=O)C1(C)Cn2c(cc3ccsc32)C(=O)N1c1ccc(NC(C)=O)cc1. The van der Waals surface area contributed by atoms with Gasteiger partial charge in [-0.25, -0.2) is 0 Å². The minimum absolute atomic E-state index is 0.179. The molecule has 3 heterocycles. The molecule has 1 unspecified atom stereocenters. The normalized spacial score (nSPS) is 18.2. The van der Waals surface area contributed by atoms with Gasteiger partial charge in [0.15, 0.2) is 0 Å². The maximum Gasteiger partial charge on any atom is 0.275 e. The van der Waals surface area contributed by atoms with Crippen molar-refractivity contribution in [2.24, 2.45) is 0 Å². The topological polar surface area (TPSA) is 92.7 Å². The van der Waals surface area contributed by atoms with E-state index in [-0.39, 0.29) is 17.7 Å². The van der Waals surface area contributed by atoms with Crippen LogP contribution in [-0.2, 0) is 20.9 Å². The Hall–Kier alpha value is -3.17. The van der Waals surface area contributed by atoms with E-state index in [0.29, 0.717) is 36.8 Å². The second-order valence-electron chi connectivity index (χ2n) is 7.69. The fourth-order valence-corrected chi connectivity index (χ4v) is 4.85. The fraction of sp³-hybridized carbons (Fsp3) is 0.318. The number of rotatable bonds is 6. The Labute approximate surface area is 183 Å². The number of fused-ring (bicyclic) bond motifs is 3. The number of aromatic nitrogens is 1. The summed E-state index contributed by atoms with van der Waals surface area (Å²) in [6.45, 7) is 4.26. The minimum Gasteiger partial charge on any atom is -0.383 e. The van der Waals surface area contributed by atoms with Gasteiger partial charge >= 0.3 is 0 Å². The summed E-state index contributed by atoms with van der Waals surface area (Å²) in [7, 11) is 1.57. The number of hydrogen-bond donors (Lipinski definition) is 2. The van der Waals surface area contributed by atoms with Crippen LogP contribution in [0, 0.1) is 0 Å². The fourth-order valence-electron chi connectivity index (χ4n) is 3.96. The van der Waals surface area contributed by atoms with Crippen LogP contribution >= 0.6 is 11.3 Å². The Kier molecular flexibility index (Phi) is 5.55. The lowest BCUT2D eigenvalue weighted by molar-refractivity contribution is -0.126. The molecule has 9 heteroatoms. The van der Waals surface area contributed by atoms with Crippen molar-refractivity contribution in [3.63, 3.8) is 0 Å². The number of amides is 3. The van der Waals surface area contributed by atoms with Crippen molar-refractivity contribution < 1.29 is 19.1 Å². The molecule has 2 aromatic heterocycles. The molecular formula is C22H24N4O4S. The van der Waals surface area contributed by atoms with Crippen LogP contribution in [0.5, 0.6) is 0 Å². The average Bonchev–Trinajstić information content (AvgIpc) is 3.31. The van der Waals surface area contributed by atoms with Gasteiger partial charge in [-0.05, 0) is 48.7 Å². The van der Waals surface area contributed by atoms with Gasteiger partial charge < -0.3 is 19.9 Å². The number of benzene rings is 1. The molecular weight excluding hydrogens is 416 g/mol. The zero-order valence-electron chi connectivity index (χ0n) is 17.6. The number of thiophene rings is 1. The second kappa shape index (κ2) is 8.16. The maximum absolute atomic E-state index is 13.6. The number of ether oxygens (including phenoxy) is 1. The summed E-state index contributed by atoms with van der Waals surface area (Å²) in [5, 5.41) is 8.57. The van der Waals surface area contributed by atoms with E-state index >= 15 is 0 Å². The van der Waals surface area contributed by atoms with Crippen LogP contribution in [0.25, 0.3) is 10.2 Å². The van der Waals surface area contributed by atoms with Crippen LogP contribution in [0.4, 0.5) is 11.4 Å². The molecule has 31 heavy (non-hydrogen) atoms. The van der Waals surface area contributed by atoms with Gasteiger partial charge in [0.05, 0.1) is 13.2 Å². The van der Waals surface area contributed by atoms with Crippen LogP contribution in [0.2, 0.25) is 0 Å². The highest BCUT2D eigenvalue weighted by Crippen LogP contribution is 2.37. The van der Waals surface area contributed by atoms with Crippen LogP contribution in [-0.4, -0.2) is 48.1 Å². The van der Waals surface area contributed by atoms with E-state index in [4.69, 9.17) is 4.74 Å². The van der Waals surface area contributed by atoms with Gasteiger partial charge in [-0.1, -0.05) is 0 Å². The molecule has 0 radical (unpaired) electrons. The zero-order valence-corrected chi connectivity index (χ0v) is 18.4. The minimum atomic E-state index is -1.15. The van der Waals surface area contributed by atoms with Gasteiger partial charge in [-0.15, -0.1) is 11.3 Å². The molecule has 162 valence electrons. The lowest BCUT2D eigenvalue weighted by Gasteiger charge is -2.44. The van der Waals surface area contributed by atoms with E-state index in [2.05, 4.69) is 10.6 Å². The lowest BCUT2D eigenvalue weighted by Crippen LogP contribution is -2.64. The summed E-state index contributed by atoms with van der Waals surface area (Å²) in [4.78, 5) is 40.8. The Bertz CT molecular complexity index is 1150. The molecule has 2 N–H and O–H groups in total. The van der Waals surface area contributed by atoms with E-state index in [9.17, 15) is 14.4 Å². The van der Waals surface area contributed by atoms with Crippen molar-refractivity contribution in [3.8, 4) is 0 Å². The summed E-state index contributed by atoms with van der Waals surface area (Å²) in [6, 6.07) is 10.8. The van der Waals surface area contributed by atoms with Crippen molar-refractivity contribution in [2.45, 2.75) is 25.9 Å². The molecule has 4 rings (SSSR count). The van der Waals surface area contributed by atoms with E-state index < -0.39 is 5.54 Å². The Morgan fingerprint density at radius 3 is 2.65 bits per heavy atom. The molecule has 3 aromatic rings. The quantitative estimate of drug-likeness (QED) is 0.577. The maximum atomic E-state index is 13.6. The van der Waals surface area contributed by atoms with E-state index in [1.165, 1.54) is 6.92 Å². The molecule has 1 aromatic carbocycles. The lowest BCUT2D eigenvalue weighted by atomic mass is 9.93. The van der Waals surface area contributed by atoms with Gasteiger partial charge in [-0.3, -0.25) is 19.3 Å². The number of carbonyl (C=O) groups excluding carboxylic acids is 3. The summed E-state index contributed by atoms with van der Waals surface area (Å²) in [5.74, 6) is -0.679. The Morgan fingerprint density at radius 2 is 1.97 bits per heavy atom. The first-order chi connectivity index (χ1) is 14.8. The second-order valence-corrected chi connectivity index (χ2v) is 8.58. The summed E-state index contributed by atoms with van der Waals surface area (Å²) >= 11 is 1.55. The van der Waals surface area contributed by atoms with E-state index in [1.807, 2.05) is 22.1 Å².